The van der Waals surface area contributed by atoms with E-state index in [0.717, 1.165) is 158 Å². The van der Waals surface area contributed by atoms with Gasteiger partial charge in [0.25, 0.3) is 5.91 Å². The summed E-state index contributed by atoms with van der Waals surface area (Å²) in [5.41, 5.74) is 20.6. The number of carbonyl (C=O) groups excluding carboxylic acids is 4. The number of aromatic hydroxyl groups is 2. The van der Waals surface area contributed by atoms with E-state index in [-0.39, 0.29) is 46.5 Å². The number of carbonyl (C=O) groups is 4. The number of anilines is 3. The Bertz CT molecular complexity index is 5630. The van der Waals surface area contributed by atoms with Gasteiger partial charge in [-0.05, 0) is 196 Å². The van der Waals surface area contributed by atoms with E-state index in [1.165, 1.54) is 34.3 Å². The van der Waals surface area contributed by atoms with Crippen LogP contribution in [-0.4, -0.2) is 142 Å². The number of para-hydroxylation sites is 4. The van der Waals surface area contributed by atoms with Gasteiger partial charge in [0.1, 0.15) is 23.0 Å². The first kappa shape index (κ1) is 76.4. The van der Waals surface area contributed by atoms with E-state index < -0.39 is 0 Å². The molecule has 2 saturated heterocycles. The van der Waals surface area contributed by atoms with E-state index in [2.05, 4.69) is 96.7 Å². The van der Waals surface area contributed by atoms with Crippen molar-refractivity contribution in [1.82, 2.24) is 54.6 Å². The molecule has 8 heterocycles. The topological polar surface area (TPSA) is 291 Å². The second kappa shape index (κ2) is 35.6. The Morgan fingerprint density at radius 1 is 0.637 bits per heavy atom. The number of hydrogen-bond donors (Lipinski definition) is 8. The smallest absolute Gasteiger partial charge is 0.255 e. The van der Waals surface area contributed by atoms with Crippen LogP contribution in [0.5, 0.6) is 23.0 Å². The SMILES string of the molecule is C=CCn1c(N2CCC(C(=O)NCCc3ccc(O)c(O)c3)CC2)nc2ccccc21.CC(=O)N1CCc2c([nH]c3ccccc23)C12CCN(CCCOc1ccccc1)CC2.CCOc1cccc(C(=O)Nc2ccc(-c3nc4ccc(C(=O)c5ccccc5)cc4[nH]3)cc2)c1.Nc1ccc2nc(-c3ccccn3)[nH]c2c1. The molecule has 113 heavy (non-hydrogen) atoms. The number of nitrogen functional groups attached to an aromatic ring is 1. The van der Waals surface area contributed by atoms with Crippen LogP contribution in [0, 0.1) is 5.92 Å². The summed E-state index contributed by atoms with van der Waals surface area (Å²) in [5.74, 6) is 3.71. The number of phenolic OH excluding ortho intramolecular Hbond substituents is 2. The Kier molecular flexibility index (Phi) is 24.1. The normalized spacial score (nSPS) is 13.9. The first-order valence-electron chi connectivity index (χ1n) is 38.5. The molecule has 0 saturated carbocycles. The summed E-state index contributed by atoms with van der Waals surface area (Å²) >= 11 is 0. The third-order valence-corrected chi connectivity index (χ3v) is 20.9. The number of phenols is 2. The Morgan fingerprint density at radius 2 is 1.34 bits per heavy atom. The molecule has 0 atom stereocenters. The number of H-pyrrole nitrogens is 3. The zero-order valence-corrected chi connectivity index (χ0v) is 63.4. The number of piperidine rings is 2. The van der Waals surface area contributed by atoms with Gasteiger partial charge in [-0.25, -0.2) is 15.0 Å². The number of fused-ring (bicyclic) bond motifs is 7. The molecule has 22 heteroatoms. The molecule has 574 valence electrons. The van der Waals surface area contributed by atoms with Crippen molar-refractivity contribution in [3.63, 3.8) is 0 Å². The van der Waals surface area contributed by atoms with Crippen molar-refractivity contribution >= 4 is 84.8 Å². The number of aromatic nitrogens is 8. The maximum absolute atomic E-state index is 12.8. The molecule has 9 N–H and O–H groups in total. The number of nitrogens with one attached hydrogen (secondary N) is 5. The summed E-state index contributed by atoms with van der Waals surface area (Å²) in [6, 6.07) is 71.9. The van der Waals surface area contributed by atoms with E-state index in [1.807, 2.05) is 159 Å². The zero-order valence-electron chi connectivity index (χ0n) is 63.4. The number of allylic oxidation sites excluding steroid dienone is 1. The molecule has 14 aromatic rings. The number of benzene rings is 9. The first-order valence-corrected chi connectivity index (χ1v) is 38.5. The number of nitrogens with two attached hydrogens (primary N) is 1. The van der Waals surface area contributed by atoms with Gasteiger partial charge in [-0.1, -0.05) is 103 Å². The zero-order chi connectivity index (χ0) is 78.2. The standard InChI is InChI=1S/C29H23N3O3.C26H31N3O2.C24H28N4O3.C12H10N4/c1-2-35-24-10-6-9-22(17-24)29(34)30-23-14-11-20(12-15-23)28-31-25-16-13-21(18-26(25)32-28)27(33)19-7-4-3-5-8-19;1-20(30)29-16-12-23-22-10-5-6-11-24(22)27-25(23)26(29)13-17-28(18-14-26)15-7-19-31-21-8-3-2-4-9-21;1-2-13-28-20-6-4-3-5-19(20)26-24(28)27-14-10-18(11-15-27)23(31)25-12-9-17-7-8-21(29)22(30)16-17;13-8-4-5-9-11(7-8)16-12(15-9)10-3-1-2-6-14-10/h3-18H,2H2,1H3,(H,30,34)(H,31,32);2-6,8-11,27H,7,12-19H2,1H3;2-8,16,18,29-30H,1,9-15H2,(H,25,31);1-7H,13H2,(H,15,16). The fourth-order valence-corrected chi connectivity index (χ4v) is 15.2. The highest BCUT2D eigenvalue weighted by Crippen LogP contribution is 2.46. The Morgan fingerprint density at radius 3 is 2.09 bits per heavy atom. The lowest BCUT2D eigenvalue weighted by molar-refractivity contribution is -0.139. The summed E-state index contributed by atoms with van der Waals surface area (Å²) in [4.78, 5) is 85.9. The second-order valence-electron chi connectivity index (χ2n) is 28.3. The molecular weight excluding hydrogens is 1420 g/mol. The quantitative estimate of drug-likeness (QED) is 0.0116. The molecule has 3 amide bonds. The van der Waals surface area contributed by atoms with Gasteiger partial charge in [0.05, 0.1) is 51.9 Å². The highest BCUT2D eigenvalue weighted by molar-refractivity contribution is 6.10. The Labute approximate surface area is 655 Å². The van der Waals surface area contributed by atoms with Gasteiger partial charge in [0.15, 0.2) is 23.1 Å². The van der Waals surface area contributed by atoms with Gasteiger partial charge in [-0.2, -0.15) is 0 Å². The minimum absolute atomic E-state index is 0.0123. The molecule has 9 aromatic carbocycles. The molecule has 3 aliphatic rings. The fourth-order valence-electron chi connectivity index (χ4n) is 15.2. The minimum atomic E-state index is -0.210. The number of imidazole rings is 3. The predicted molar refractivity (Wildman–Crippen MR) is 445 cm³/mol. The van der Waals surface area contributed by atoms with Crippen LogP contribution in [-0.2, 0) is 34.5 Å². The molecule has 0 aliphatic carbocycles. The van der Waals surface area contributed by atoms with Crippen LogP contribution < -0.4 is 30.7 Å². The maximum Gasteiger partial charge on any atom is 0.255 e. The highest BCUT2D eigenvalue weighted by atomic mass is 16.5. The molecule has 22 nitrogen and oxygen atoms in total. The van der Waals surface area contributed by atoms with Gasteiger partial charge in [0.2, 0.25) is 17.8 Å². The van der Waals surface area contributed by atoms with Crippen LogP contribution in [0.2, 0.25) is 0 Å². The predicted octanol–water partition coefficient (Wildman–Crippen LogP) is 15.9. The van der Waals surface area contributed by atoms with Crippen molar-refractivity contribution in [2.45, 2.75) is 70.9 Å². The second-order valence-corrected chi connectivity index (χ2v) is 28.3. The number of aromatic amines is 3. The molecule has 3 aliphatic heterocycles. The van der Waals surface area contributed by atoms with Crippen molar-refractivity contribution < 1.29 is 38.9 Å². The minimum Gasteiger partial charge on any atom is -0.504 e. The third-order valence-electron chi connectivity index (χ3n) is 20.9. The van der Waals surface area contributed by atoms with Crippen LogP contribution in [0.4, 0.5) is 17.3 Å². The number of rotatable bonds is 20. The van der Waals surface area contributed by atoms with Gasteiger partial charge >= 0.3 is 0 Å². The van der Waals surface area contributed by atoms with Crippen LogP contribution in [0.1, 0.15) is 89.1 Å². The van der Waals surface area contributed by atoms with Crippen LogP contribution in [0.25, 0.3) is 66.9 Å². The molecule has 0 bridgehead atoms. The molecule has 0 radical (unpaired) electrons. The maximum atomic E-state index is 12.8. The number of nitrogens with zero attached hydrogens (tertiary/aromatic N) is 8. The number of ketones is 1. The van der Waals surface area contributed by atoms with Crippen LogP contribution in [0.3, 0.4) is 0 Å². The Hall–Kier alpha value is -13.3. The Balaban J connectivity index is 0.000000128. The average molecular weight is 1510 g/mol. The number of likely N-dealkylation sites (tertiary alicyclic amines) is 1. The summed E-state index contributed by atoms with van der Waals surface area (Å²) in [5, 5.41) is 26.2. The molecule has 17 rings (SSSR count). The van der Waals surface area contributed by atoms with Crippen molar-refractivity contribution in [2.24, 2.45) is 5.92 Å². The van der Waals surface area contributed by atoms with Crippen molar-refractivity contribution in [3.05, 3.63) is 283 Å². The molecular formula is C91H92N14O8. The number of hydrogen-bond acceptors (Lipinski definition) is 15. The lowest BCUT2D eigenvalue weighted by Gasteiger charge is -2.51. The third kappa shape index (κ3) is 18.1. The van der Waals surface area contributed by atoms with Gasteiger partial charge in [0, 0.05) is 122 Å². The van der Waals surface area contributed by atoms with E-state index in [4.69, 9.17) is 20.2 Å². The lowest BCUT2D eigenvalue weighted by Crippen LogP contribution is -2.57. The average Bonchev–Trinajstić information content (AvgIpc) is 1.58. The molecule has 1 spiro atoms. The van der Waals surface area contributed by atoms with E-state index in [1.54, 1.807) is 55.6 Å². The summed E-state index contributed by atoms with van der Waals surface area (Å²) in [7, 11) is 0. The van der Waals surface area contributed by atoms with Crippen LogP contribution in [0.15, 0.2) is 249 Å². The van der Waals surface area contributed by atoms with Crippen LogP contribution >= 0.6 is 0 Å². The first-order chi connectivity index (χ1) is 55.2. The number of ether oxygens (including phenoxy) is 2. The van der Waals surface area contributed by atoms with Gasteiger partial charge in [-0.15, -0.1) is 6.58 Å². The lowest BCUT2D eigenvalue weighted by atomic mass is 9.77. The number of amides is 3. The number of pyridine rings is 1. The van der Waals surface area contributed by atoms with E-state index >= 15 is 0 Å². The summed E-state index contributed by atoms with van der Waals surface area (Å²) < 4.78 is 13.5. The fraction of sp³-hybridized carbons (Fsp3) is 0.231. The van der Waals surface area contributed by atoms with Crippen molar-refractivity contribution in [2.75, 3.05) is 75.0 Å². The molecule has 5 aromatic heterocycles. The van der Waals surface area contributed by atoms with E-state index in [9.17, 15) is 29.4 Å². The largest absolute Gasteiger partial charge is 0.504 e. The highest BCUT2D eigenvalue weighted by Gasteiger charge is 2.47. The molecule has 0 unspecified atom stereocenters. The summed E-state index contributed by atoms with van der Waals surface area (Å²) in [6.45, 7) is 15.4. The molecule has 2 fully saturated rings. The summed E-state index contributed by atoms with van der Waals surface area (Å²) in [6.07, 6.45) is 9.69. The van der Waals surface area contributed by atoms with Crippen molar-refractivity contribution in [3.8, 4) is 45.9 Å². The van der Waals surface area contributed by atoms with Gasteiger partial charge < -0.3 is 70.3 Å². The monoisotopic (exact) mass is 1510 g/mol. The van der Waals surface area contributed by atoms with Gasteiger partial charge in [-0.3, -0.25) is 24.2 Å². The van der Waals surface area contributed by atoms with E-state index in [0.29, 0.717) is 60.1 Å². The van der Waals surface area contributed by atoms with Crippen molar-refractivity contribution in [1.29, 1.82) is 0 Å².